The SMILES string of the molecule is CC[C@H]1OC(=O)[C@H](C)[C@@H](O[C@H]2C[C@@](C)(OC)[C@@H](O)[C@H](C)O2)[C@H](C)[C@@H](O[C@@H]2O[C@H](C)C[C@H](N(C)C)[C@H]2O)[C@](C)(O)C[C@@H](C)[C@@H]2N[C@@H](COCCOC)O[C@@H]([C@H]2C)[C@]1(C)O.C[C@H]1c2cccc(O)c2C(O)=C2C(=O)[C@]3(O)C(O)=C(C(N)=O)C(=O)[C@@H](N(C)C)[C@@H]3[C@@H](O)[C@@H]21.O. The molecule has 7 aliphatic rings. The maximum Gasteiger partial charge on any atom is 0.311 e. The van der Waals surface area contributed by atoms with E-state index < -0.39 is 172 Å². The van der Waals surface area contributed by atoms with Gasteiger partial charge < -0.3 is 105 Å². The van der Waals surface area contributed by atoms with Crippen molar-refractivity contribution in [2.75, 3.05) is 62.2 Å². The summed E-state index contributed by atoms with van der Waals surface area (Å²) in [5, 5.41) is 106. The number of amides is 1. The van der Waals surface area contributed by atoms with E-state index in [1.165, 1.54) is 32.2 Å². The average molecular weight is 1300 g/mol. The first kappa shape index (κ1) is 75.7. The maximum atomic E-state index is 14.5. The van der Waals surface area contributed by atoms with Crippen LogP contribution in [-0.4, -0.2) is 261 Å². The Hall–Kier alpha value is -4.34. The van der Waals surface area contributed by atoms with Crippen LogP contribution in [0.1, 0.15) is 119 Å². The van der Waals surface area contributed by atoms with E-state index in [0.717, 1.165) is 0 Å². The third kappa shape index (κ3) is 14.3. The molecule has 0 spiro atoms. The Morgan fingerprint density at radius 2 is 1.48 bits per heavy atom. The number of carbonyl (C=O) groups excluding carboxylic acids is 4. The molecule has 4 aliphatic heterocycles. The van der Waals surface area contributed by atoms with Gasteiger partial charge in [0.1, 0.15) is 53.0 Å². The molecule has 1 amide bonds. The van der Waals surface area contributed by atoms with Gasteiger partial charge in [0.2, 0.25) is 5.78 Å². The van der Waals surface area contributed by atoms with E-state index in [4.69, 9.17) is 48.4 Å². The van der Waals surface area contributed by atoms with Gasteiger partial charge in [-0.15, -0.1) is 0 Å². The fourth-order valence-corrected chi connectivity index (χ4v) is 15.6. The minimum Gasteiger partial charge on any atom is -0.508 e. The number of nitrogens with one attached hydrogen (secondary N) is 1. The number of phenols is 1. The lowest BCUT2D eigenvalue weighted by Gasteiger charge is -2.53. The lowest BCUT2D eigenvalue weighted by Crippen LogP contribution is -2.70. The smallest absolute Gasteiger partial charge is 0.311 e. The molecule has 4 saturated heterocycles. The Bertz CT molecular complexity index is 2800. The molecule has 3 aliphatic carbocycles. The quantitative estimate of drug-likeness (QED) is 0.0699. The summed E-state index contributed by atoms with van der Waals surface area (Å²) in [4.78, 5) is 56.4. The van der Waals surface area contributed by atoms with Gasteiger partial charge in [-0.25, -0.2) is 0 Å². The van der Waals surface area contributed by atoms with Crippen LogP contribution in [0.3, 0.4) is 0 Å². The van der Waals surface area contributed by atoms with Crippen molar-refractivity contribution in [3.63, 3.8) is 0 Å². The second-order valence-electron chi connectivity index (χ2n) is 27.4. The lowest BCUT2D eigenvalue weighted by molar-refractivity contribution is -0.318. The summed E-state index contributed by atoms with van der Waals surface area (Å²) in [6.45, 7) is 20.8. The van der Waals surface area contributed by atoms with E-state index in [-0.39, 0.29) is 72.7 Å². The van der Waals surface area contributed by atoms with Crippen molar-refractivity contribution >= 4 is 29.2 Å². The molecule has 1 aromatic carbocycles. The first-order valence-corrected chi connectivity index (χ1v) is 31.4. The molecule has 26 atom stereocenters. The van der Waals surface area contributed by atoms with E-state index in [2.05, 4.69) is 5.32 Å². The second-order valence-corrected chi connectivity index (χ2v) is 27.4. The van der Waals surface area contributed by atoms with Crippen LogP contribution in [0, 0.1) is 35.5 Å². The number of nitrogens with two attached hydrogens (primary N) is 1. The summed E-state index contributed by atoms with van der Waals surface area (Å²) in [5.41, 5.74) is -2.81. The Morgan fingerprint density at radius 1 is 0.835 bits per heavy atom. The minimum absolute atomic E-state index is 0. The summed E-state index contributed by atoms with van der Waals surface area (Å²) in [7, 11) is 9.82. The Morgan fingerprint density at radius 3 is 2.07 bits per heavy atom. The van der Waals surface area contributed by atoms with E-state index >= 15 is 0 Å². The van der Waals surface area contributed by atoms with Crippen LogP contribution >= 0.6 is 0 Å². The molecule has 91 heavy (non-hydrogen) atoms. The van der Waals surface area contributed by atoms with Crippen LogP contribution in [0.15, 0.2) is 35.1 Å². The number of hydrogen-bond acceptors (Lipinski definition) is 25. The summed E-state index contributed by atoms with van der Waals surface area (Å²) >= 11 is 0. The minimum atomic E-state index is -2.89. The standard InChI is InChI=1S/C42H78N2O14.C22H24N2O8.H2O/c1-15-29-42(10,49)37-24(4)32(43-30(56-37)21-52-17-16-50-13)22(2)19-40(8,48)36(58-39-33(45)28(44(11)12)18-23(3)53-39)25(5)34(26(6)38(47)55-29)57-31-20-41(9,51-14)35(46)27(7)54-31;1-7-8-5-4-6-9(25)11(8)16(26)12-10(7)17(27)14-15(24(2)3)18(28)13(21(23)31)20(30)22(14,32)19(12)29;/h22-37,39,43,45-46,48-49H,15-21H2,1-14H3;4-7,10,14-15,17,25-27,30,32H,1-3H3,(H2,23,31);1H2/t22-,23-,24+,25+,26-,27+,28+,29-,30-,31+,32+,33-,34+,35+,36-,37+,39+,40-,41-,42-;7-,10+,14+,15-,17-,22-;/m10./s1. The lowest BCUT2D eigenvalue weighted by atomic mass is 9.54. The third-order valence-electron chi connectivity index (χ3n) is 20.4. The molecule has 518 valence electrons. The van der Waals surface area contributed by atoms with Crippen LogP contribution in [0.25, 0.3) is 5.76 Å². The highest BCUT2D eigenvalue weighted by molar-refractivity contribution is 6.24. The number of rotatable bonds is 14. The van der Waals surface area contributed by atoms with Crippen LogP contribution in [0.2, 0.25) is 0 Å². The summed E-state index contributed by atoms with van der Waals surface area (Å²) in [6.07, 6.45) is -9.88. The number of ether oxygens (including phenoxy) is 9. The third-order valence-corrected chi connectivity index (χ3v) is 20.4. The van der Waals surface area contributed by atoms with E-state index in [1.54, 1.807) is 60.8 Å². The van der Waals surface area contributed by atoms with E-state index in [1.807, 2.05) is 53.6 Å². The van der Waals surface area contributed by atoms with Gasteiger partial charge in [-0.05, 0) is 112 Å². The van der Waals surface area contributed by atoms with Gasteiger partial charge in [0.15, 0.2) is 24.0 Å². The van der Waals surface area contributed by atoms with Gasteiger partial charge in [0, 0.05) is 56.1 Å². The van der Waals surface area contributed by atoms with Crippen molar-refractivity contribution in [2.24, 2.45) is 41.2 Å². The predicted molar refractivity (Wildman–Crippen MR) is 327 cm³/mol. The summed E-state index contributed by atoms with van der Waals surface area (Å²) in [6, 6.07) is 2.54. The monoisotopic (exact) mass is 1300 g/mol. The number of hydrogen-bond donors (Lipinski definition) is 11. The number of esters is 1. The van der Waals surface area contributed by atoms with Crippen LogP contribution in [-0.2, 0) is 61.8 Å². The highest BCUT2D eigenvalue weighted by atomic mass is 16.7. The van der Waals surface area contributed by atoms with E-state index in [0.29, 0.717) is 25.2 Å². The molecule has 0 radical (unpaired) electrons. The molecule has 4 heterocycles. The van der Waals surface area contributed by atoms with Crippen molar-refractivity contribution < 1.29 is 113 Å². The van der Waals surface area contributed by atoms with Gasteiger partial charge in [0.05, 0.1) is 91.1 Å². The van der Waals surface area contributed by atoms with Crippen LogP contribution in [0.4, 0.5) is 0 Å². The zero-order chi connectivity index (χ0) is 67.3. The fraction of sp³-hybridized carbons (Fsp3) is 0.781. The highest BCUT2D eigenvalue weighted by Gasteiger charge is 2.68. The number of aliphatic hydroxyl groups excluding tert-OH is 5. The van der Waals surface area contributed by atoms with Gasteiger partial charge in [-0.1, -0.05) is 46.8 Å². The predicted octanol–water partition coefficient (Wildman–Crippen LogP) is 0.873. The number of ketones is 2. The number of methoxy groups -OCH3 is 2. The van der Waals surface area contributed by atoms with E-state index in [9.17, 15) is 65.1 Å². The van der Waals surface area contributed by atoms with Crippen LogP contribution in [0.5, 0.6) is 5.75 Å². The number of carbonyl (C=O) groups is 4. The Balaban J connectivity index is 0.000000335. The molecule has 8 rings (SSSR count). The van der Waals surface area contributed by atoms with Gasteiger partial charge in [-0.2, -0.15) is 0 Å². The number of primary amides is 1. The summed E-state index contributed by atoms with van der Waals surface area (Å²) < 4.78 is 55.7. The Labute approximate surface area is 533 Å². The van der Waals surface area contributed by atoms with Gasteiger partial charge in [0.25, 0.3) is 5.91 Å². The first-order chi connectivity index (χ1) is 41.9. The highest BCUT2D eigenvalue weighted by Crippen LogP contribution is 2.56. The normalized spacial score (nSPS) is 43.1. The second kappa shape index (κ2) is 29.3. The first-order valence-electron chi connectivity index (χ1n) is 31.4. The molecule has 1 saturated carbocycles. The van der Waals surface area contributed by atoms with Gasteiger partial charge in [-0.3, -0.25) is 29.4 Å². The molecular weight excluding hydrogens is 1190 g/mol. The number of Topliss-reactive ketones (excluding diaryl/α,β-unsaturated/α-hetero) is 2. The zero-order valence-corrected chi connectivity index (χ0v) is 55.7. The fourth-order valence-electron chi connectivity index (χ4n) is 15.6. The van der Waals surface area contributed by atoms with Gasteiger partial charge >= 0.3 is 5.97 Å². The molecule has 2 bridgehead atoms. The number of nitrogens with zero attached hydrogens (tertiary/aromatic N) is 2. The van der Waals surface area contributed by atoms with Crippen LogP contribution < -0.4 is 11.1 Å². The molecule has 5 fully saturated rings. The number of phenolic OH excluding ortho intramolecular Hbond substituents is 1. The number of cyclic esters (lactones) is 1. The average Bonchev–Trinajstić information content (AvgIpc) is 0.691. The molecule has 27 nitrogen and oxygen atoms in total. The van der Waals surface area contributed by atoms with Crippen molar-refractivity contribution in [3.05, 3.63) is 46.2 Å². The number of fused-ring (bicyclic) bond motifs is 5. The molecular formula is C64H104N4O23. The number of benzene rings is 1. The maximum absolute atomic E-state index is 14.5. The number of aliphatic hydroxyl groups is 8. The molecule has 14 N–H and O–H groups in total. The van der Waals surface area contributed by atoms with Crippen molar-refractivity contribution in [2.45, 2.75) is 222 Å². The molecule has 27 heteroatoms. The largest absolute Gasteiger partial charge is 0.508 e. The van der Waals surface area contributed by atoms with Crippen molar-refractivity contribution in [3.8, 4) is 5.75 Å². The topological polar surface area (TPSA) is 409 Å². The zero-order valence-electron chi connectivity index (χ0n) is 55.7. The molecule has 0 unspecified atom stereocenters. The molecule has 0 aromatic heterocycles. The Kier molecular flexibility index (Phi) is 24.4. The number of aromatic hydroxyl groups is 1. The summed E-state index contributed by atoms with van der Waals surface area (Å²) in [5.74, 6) is -11.8. The molecule has 1 aromatic rings. The van der Waals surface area contributed by atoms with Crippen molar-refractivity contribution in [1.82, 2.24) is 15.1 Å². The number of likely N-dealkylation sites (N-methyl/N-ethyl adjacent to an activating group) is 2. The van der Waals surface area contributed by atoms with Crippen molar-refractivity contribution in [1.29, 1.82) is 0 Å².